The van der Waals surface area contributed by atoms with Crippen molar-refractivity contribution < 1.29 is 7.46 Å². The third kappa shape index (κ3) is 4.70. The number of benzene rings is 1. The van der Waals surface area contributed by atoms with Crippen molar-refractivity contribution in [1.29, 1.82) is 0 Å². The summed E-state index contributed by atoms with van der Waals surface area (Å²) in [5.74, 6) is 0.00568. The van der Waals surface area contributed by atoms with Gasteiger partial charge in [-0.1, -0.05) is 11.3 Å². The maximum atomic E-state index is 15.1. The quantitative estimate of drug-likeness (QED) is 0.421. The Balaban J connectivity index is 1.64. The third-order valence-electron chi connectivity index (χ3n) is 5.62. The van der Waals surface area contributed by atoms with Crippen molar-refractivity contribution in [3.05, 3.63) is 30.3 Å². The molecule has 166 valence electrons. The Bertz CT molecular complexity index is 1050. The van der Waals surface area contributed by atoms with Crippen molar-refractivity contribution in [3.8, 4) is 27.4 Å². The number of nitrogens with one attached hydrogen (secondary N) is 2. The average Bonchev–Trinajstić information content (AvgIpc) is 3.36. The lowest BCUT2D eigenvalue weighted by atomic mass is 9.79. The Morgan fingerprint density at radius 1 is 1.16 bits per heavy atom. The highest BCUT2D eigenvalue weighted by molar-refractivity contribution is 14.1. The Kier molecular flexibility index (Phi) is 5.99. The van der Waals surface area contributed by atoms with Gasteiger partial charge in [0.05, 0.1) is 11.8 Å². The molecule has 0 saturated carbocycles. The van der Waals surface area contributed by atoms with Crippen LogP contribution in [0.15, 0.2) is 24.5 Å². The molecule has 1 fully saturated rings. The smallest absolute Gasteiger partial charge is 0.208 e. The summed E-state index contributed by atoms with van der Waals surface area (Å²) in [5.41, 5.74) is 1.83. The van der Waals surface area contributed by atoms with Gasteiger partial charge in [0.1, 0.15) is 11.6 Å². The van der Waals surface area contributed by atoms with Gasteiger partial charge in [0, 0.05) is 35.9 Å². The summed E-state index contributed by atoms with van der Waals surface area (Å²) in [6.07, 6.45) is 5.33. The van der Waals surface area contributed by atoms with Crippen molar-refractivity contribution in [2.24, 2.45) is 0 Å². The molecular formula is C21H26FIN6OS. The molecule has 1 aliphatic rings. The number of piperidine rings is 1. The molecule has 0 amide bonds. The summed E-state index contributed by atoms with van der Waals surface area (Å²) in [7, 11) is 2.04. The fourth-order valence-corrected chi connectivity index (χ4v) is 5.86. The predicted octanol–water partition coefficient (Wildman–Crippen LogP) is 5.21. The zero-order valence-corrected chi connectivity index (χ0v) is 21.1. The molecule has 31 heavy (non-hydrogen) atoms. The summed E-state index contributed by atoms with van der Waals surface area (Å²) in [6.45, 7) is 8.89. The lowest BCUT2D eigenvalue weighted by Crippen LogP contribution is -2.61. The fourth-order valence-electron chi connectivity index (χ4n) is 4.58. The summed E-state index contributed by atoms with van der Waals surface area (Å²) in [4.78, 5) is 2.17. The average molecular weight is 556 g/mol. The van der Waals surface area contributed by atoms with E-state index in [1.807, 2.05) is 7.05 Å². The van der Waals surface area contributed by atoms with Crippen LogP contribution in [-0.2, 0) is 0 Å². The second-order valence-electron chi connectivity index (χ2n) is 9.35. The van der Waals surface area contributed by atoms with Crippen LogP contribution in [0.4, 0.5) is 9.52 Å². The van der Waals surface area contributed by atoms with Crippen LogP contribution < -0.4 is 13.3 Å². The second-order valence-corrected chi connectivity index (χ2v) is 10.7. The normalized spacial score (nSPS) is 18.2. The highest BCUT2D eigenvalue weighted by atomic mass is 127. The molecule has 2 N–H and O–H groups in total. The Morgan fingerprint density at radius 3 is 2.48 bits per heavy atom. The largest absolute Gasteiger partial charge is 0.427 e. The molecule has 0 aliphatic carbocycles. The molecular weight excluding hydrogens is 530 g/mol. The van der Waals surface area contributed by atoms with Crippen LogP contribution in [0.5, 0.6) is 5.75 Å². The standard InChI is InChI=1S/C21H26FIN6OS/c1-20(2)8-14(9-21(3,4)28-20)29(5)19-27-26-18(31-19)17-15(22)6-12(7-16(17)30-23)13-10-24-25-11-13/h6-7,10-11,14,28H,8-9H2,1-5H3,(H,24,25). The van der Waals surface area contributed by atoms with Gasteiger partial charge in [-0.2, -0.15) is 5.10 Å². The van der Waals surface area contributed by atoms with Crippen LogP contribution in [0, 0.1) is 5.82 Å². The van der Waals surface area contributed by atoms with Gasteiger partial charge in [-0.15, -0.1) is 10.2 Å². The number of H-pyrrole nitrogens is 1. The molecule has 1 aromatic carbocycles. The van der Waals surface area contributed by atoms with E-state index in [1.54, 1.807) is 41.5 Å². The number of hydrogen-bond donors (Lipinski definition) is 2. The number of aromatic amines is 1. The molecule has 7 nitrogen and oxygen atoms in total. The van der Waals surface area contributed by atoms with Crippen LogP contribution in [0.3, 0.4) is 0 Å². The first-order chi connectivity index (χ1) is 14.6. The lowest BCUT2D eigenvalue weighted by Gasteiger charge is -2.48. The van der Waals surface area contributed by atoms with Crippen LogP contribution in [0.2, 0.25) is 0 Å². The van der Waals surface area contributed by atoms with Gasteiger partial charge < -0.3 is 13.3 Å². The first-order valence-corrected chi connectivity index (χ1v) is 11.8. The minimum absolute atomic E-state index is 0.0193. The van der Waals surface area contributed by atoms with Gasteiger partial charge >= 0.3 is 0 Å². The first-order valence-electron chi connectivity index (χ1n) is 10.1. The number of hydrogen-bond acceptors (Lipinski definition) is 7. The van der Waals surface area contributed by atoms with Gasteiger partial charge in [-0.05, 0) is 58.2 Å². The summed E-state index contributed by atoms with van der Waals surface area (Å²) in [5, 5.41) is 20.3. The molecule has 0 spiro atoms. The van der Waals surface area contributed by atoms with Crippen LogP contribution >= 0.6 is 34.3 Å². The molecule has 0 unspecified atom stereocenters. The van der Waals surface area contributed by atoms with E-state index in [0.29, 0.717) is 27.9 Å². The monoisotopic (exact) mass is 556 g/mol. The first kappa shape index (κ1) is 22.4. The van der Waals surface area contributed by atoms with Crippen LogP contribution in [0.1, 0.15) is 40.5 Å². The van der Waals surface area contributed by atoms with Gasteiger partial charge in [0.2, 0.25) is 5.13 Å². The zero-order valence-electron chi connectivity index (χ0n) is 18.2. The van der Waals surface area contributed by atoms with E-state index in [2.05, 4.69) is 58.3 Å². The Labute approximate surface area is 199 Å². The van der Waals surface area contributed by atoms with Gasteiger partial charge in [0.25, 0.3) is 0 Å². The minimum Gasteiger partial charge on any atom is -0.427 e. The number of aromatic nitrogens is 4. The van der Waals surface area contributed by atoms with Gasteiger partial charge in [-0.3, -0.25) is 5.10 Å². The van der Waals surface area contributed by atoms with E-state index in [9.17, 15) is 0 Å². The molecule has 1 saturated heterocycles. The van der Waals surface area contributed by atoms with Gasteiger partial charge in [-0.25, -0.2) is 4.39 Å². The lowest BCUT2D eigenvalue weighted by molar-refractivity contribution is 0.161. The molecule has 1 aliphatic heterocycles. The molecule has 4 rings (SSSR count). The zero-order chi connectivity index (χ0) is 22.4. The van der Waals surface area contributed by atoms with Gasteiger partial charge in [0.15, 0.2) is 28.0 Å². The van der Waals surface area contributed by atoms with Crippen molar-refractivity contribution in [2.45, 2.75) is 57.7 Å². The summed E-state index contributed by atoms with van der Waals surface area (Å²) < 4.78 is 20.6. The Morgan fingerprint density at radius 2 is 1.87 bits per heavy atom. The van der Waals surface area contributed by atoms with E-state index in [1.165, 1.54) is 17.4 Å². The third-order valence-corrected chi connectivity index (χ3v) is 7.12. The van der Waals surface area contributed by atoms with E-state index in [-0.39, 0.29) is 11.1 Å². The van der Waals surface area contributed by atoms with Crippen molar-refractivity contribution >= 4 is 39.5 Å². The second kappa shape index (κ2) is 8.28. The van der Waals surface area contributed by atoms with E-state index in [0.717, 1.165) is 23.5 Å². The molecule has 0 radical (unpaired) electrons. The minimum atomic E-state index is -0.403. The molecule has 0 bridgehead atoms. The predicted molar refractivity (Wildman–Crippen MR) is 130 cm³/mol. The van der Waals surface area contributed by atoms with Crippen LogP contribution in [0.25, 0.3) is 21.7 Å². The van der Waals surface area contributed by atoms with E-state index >= 15 is 4.39 Å². The molecule has 3 heterocycles. The number of rotatable bonds is 5. The van der Waals surface area contributed by atoms with Crippen molar-refractivity contribution in [2.75, 3.05) is 11.9 Å². The van der Waals surface area contributed by atoms with E-state index in [4.69, 9.17) is 3.07 Å². The van der Waals surface area contributed by atoms with E-state index < -0.39 is 5.82 Å². The highest BCUT2D eigenvalue weighted by Crippen LogP contribution is 2.41. The maximum Gasteiger partial charge on any atom is 0.208 e. The number of halogens is 2. The highest BCUT2D eigenvalue weighted by Gasteiger charge is 2.40. The number of nitrogens with zero attached hydrogens (tertiary/aromatic N) is 4. The summed E-state index contributed by atoms with van der Waals surface area (Å²) >= 11 is 3.15. The SMILES string of the molecule is CN(c1nnc(-c2c(F)cc(-c3cn[nH]c3)cc2OI)s1)C1CC(C)(C)NC(C)(C)C1. The Hall–Kier alpha value is -1.79. The van der Waals surface area contributed by atoms with Crippen molar-refractivity contribution in [1.82, 2.24) is 25.7 Å². The summed E-state index contributed by atoms with van der Waals surface area (Å²) in [6, 6.07) is 3.57. The molecule has 3 aromatic rings. The molecule has 2 aromatic heterocycles. The maximum absolute atomic E-state index is 15.1. The van der Waals surface area contributed by atoms with Crippen molar-refractivity contribution in [3.63, 3.8) is 0 Å². The fraction of sp³-hybridized carbons (Fsp3) is 0.476. The van der Waals surface area contributed by atoms with Crippen LogP contribution in [-0.4, -0.2) is 44.6 Å². The molecule has 10 heteroatoms. The molecule has 0 atom stereocenters. The topological polar surface area (TPSA) is 79.0 Å². The number of anilines is 1.